The highest BCUT2D eigenvalue weighted by atomic mass is 16.5. The van der Waals surface area contributed by atoms with Crippen molar-refractivity contribution in [1.82, 2.24) is 0 Å². The summed E-state index contributed by atoms with van der Waals surface area (Å²) >= 11 is 0. The third-order valence-corrected chi connectivity index (χ3v) is 3.67. The Kier molecular flexibility index (Phi) is 2.34. The van der Waals surface area contributed by atoms with E-state index < -0.39 is 0 Å². The lowest BCUT2D eigenvalue weighted by atomic mass is 9.59. The quantitative estimate of drug-likeness (QED) is 0.706. The maximum atomic E-state index is 9.43. The van der Waals surface area contributed by atoms with Gasteiger partial charge in [-0.15, -0.1) is 0 Å². The van der Waals surface area contributed by atoms with Gasteiger partial charge >= 0.3 is 0 Å². The van der Waals surface area contributed by atoms with Gasteiger partial charge in [0.1, 0.15) is 0 Å². The summed E-state index contributed by atoms with van der Waals surface area (Å²) < 4.78 is 10.5. The summed E-state index contributed by atoms with van der Waals surface area (Å²) in [6, 6.07) is 0. The Labute approximate surface area is 79.0 Å². The molecule has 1 N–H and O–H groups in total. The Hall–Kier alpha value is -0.120. The van der Waals surface area contributed by atoms with Crippen LogP contribution in [0.5, 0.6) is 0 Å². The van der Waals surface area contributed by atoms with Crippen LogP contribution in [0.2, 0.25) is 0 Å². The van der Waals surface area contributed by atoms with Gasteiger partial charge in [-0.3, -0.25) is 0 Å². The predicted molar refractivity (Wildman–Crippen MR) is 48.5 cm³/mol. The lowest BCUT2D eigenvalue weighted by Gasteiger charge is -2.58. The first-order valence-electron chi connectivity index (χ1n) is 5.05. The normalized spacial score (nSPS) is 29.1. The molecule has 2 rings (SSSR count). The summed E-state index contributed by atoms with van der Waals surface area (Å²) in [5, 5.41) is 9.43. The van der Waals surface area contributed by atoms with Gasteiger partial charge in [-0.2, -0.15) is 0 Å². The highest BCUT2D eigenvalue weighted by molar-refractivity contribution is 5.05. The number of aliphatic hydroxyl groups excluding tert-OH is 1. The van der Waals surface area contributed by atoms with Gasteiger partial charge in [0, 0.05) is 5.41 Å². The molecule has 0 atom stereocenters. The van der Waals surface area contributed by atoms with Crippen LogP contribution in [0.1, 0.15) is 19.8 Å². The highest BCUT2D eigenvalue weighted by Gasteiger charge is 2.59. The Morgan fingerprint density at radius 2 is 1.62 bits per heavy atom. The highest BCUT2D eigenvalue weighted by Crippen LogP contribution is 2.52. The molecule has 2 aliphatic heterocycles. The van der Waals surface area contributed by atoms with Crippen LogP contribution in [0, 0.1) is 10.8 Å². The minimum atomic E-state index is 0.0151. The average molecular weight is 186 g/mol. The van der Waals surface area contributed by atoms with Crippen LogP contribution >= 0.6 is 0 Å². The summed E-state index contributed by atoms with van der Waals surface area (Å²) in [5.41, 5.74) is 0.232. The average Bonchev–Trinajstić information content (AvgIpc) is 1.98. The lowest BCUT2D eigenvalue weighted by molar-refractivity contribution is -0.282. The summed E-state index contributed by atoms with van der Waals surface area (Å²) in [7, 11) is 0. The van der Waals surface area contributed by atoms with Gasteiger partial charge in [0.15, 0.2) is 0 Å². The Balaban J connectivity index is 2.09. The molecule has 2 fully saturated rings. The molecule has 76 valence electrons. The van der Waals surface area contributed by atoms with Crippen molar-refractivity contribution in [3.8, 4) is 0 Å². The third kappa shape index (κ3) is 1.14. The Bertz CT molecular complexity index is 177. The molecule has 2 aliphatic rings. The predicted octanol–water partition coefficient (Wildman–Crippen LogP) is 0.812. The Morgan fingerprint density at radius 1 is 1.08 bits per heavy atom. The fraction of sp³-hybridized carbons (Fsp3) is 1.00. The molecule has 0 aromatic heterocycles. The van der Waals surface area contributed by atoms with Gasteiger partial charge in [-0.25, -0.2) is 0 Å². The molecule has 0 aliphatic carbocycles. The summed E-state index contributed by atoms with van der Waals surface area (Å²) in [4.78, 5) is 0. The fourth-order valence-corrected chi connectivity index (χ4v) is 2.46. The monoisotopic (exact) mass is 186 g/mol. The van der Waals surface area contributed by atoms with Crippen molar-refractivity contribution in [2.75, 3.05) is 33.0 Å². The van der Waals surface area contributed by atoms with Crippen LogP contribution < -0.4 is 0 Å². The van der Waals surface area contributed by atoms with E-state index in [1.807, 2.05) is 0 Å². The fourth-order valence-electron chi connectivity index (χ4n) is 2.46. The van der Waals surface area contributed by atoms with E-state index in [-0.39, 0.29) is 17.4 Å². The third-order valence-electron chi connectivity index (χ3n) is 3.67. The van der Waals surface area contributed by atoms with Gasteiger partial charge in [0.25, 0.3) is 0 Å². The molecule has 0 amide bonds. The number of hydrogen-bond acceptors (Lipinski definition) is 3. The van der Waals surface area contributed by atoms with Crippen molar-refractivity contribution < 1.29 is 14.6 Å². The number of rotatable bonds is 4. The van der Waals surface area contributed by atoms with E-state index in [0.29, 0.717) is 13.2 Å². The molecule has 0 saturated carbocycles. The first kappa shape index (κ1) is 9.44. The van der Waals surface area contributed by atoms with Crippen LogP contribution in [0.3, 0.4) is 0 Å². The smallest absolute Gasteiger partial charge is 0.0574 e. The zero-order valence-electron chi connectivity index (χ0n) is 8.21. The summed E-state index contributed by atoms with van der Waals surface area (Å²) in [6.45, 7) is 5.48. The van der Waals surface area contributed by atoms with Crippen molar-refractivity contribution in [2.24, 2.45) is 10.8 Å². The Morgan fingerprint density at radius 3 is 1.85 bits per heavy atom. The minimum absolute atomic E-state index is 0.0151. The van der Waals surface area contributed by atoms with Crippen molar-refractivity contribution in [3.63, 3.8) is 0 Å². The van der Waals surface area contributed by atoms with Crippen molar-refractivity contribution in [3.05, 3.63) is 0 Å². The number of ether oxygens (including phenoxy) is 2. The van der Waals surface area contributed by atoms with Gasteiger partial charge in [-0.1, -0.05) is 13.3 Å². The molecule has 3 heteroatoms. The zero-order valence-corrected chi connectivity index (χ0v) is 8.21. The molecule has 0 spiro atoms. The van der Waals surface area contributed by atoms with Gasteiger partial charge in [-0.05, 0) is 6.42 Å². The van der Waals surface area contributed by atoms with Crippen LogP contribution in [-0.4, -0.2) is 38.1 Å². The second-order valence-electron chi connectivity index (χ2n) is 4.45. The van der Waals surface area contributed by atoms with Crippen molar-refractivity contribution >= 4 is 0 Å². The lowest BCUT2D eigenvalue weighted by Crippen LogP contribution is -2.65. The maximum Gasteiger partial charge on any atom is 0.0574 e. The molecular weight excluding hydrogens is 168 g/mol. The van der Waals surface area contributed by atoms with Crippen molar-refractivity contribution in [2.45, 2.75) is 19.8 Å². The molecule has 2 heterocycles. The minimum Gasteiger partial charge on any atom is -0.396 e. The van der Waals surface area contributed by atoms with E-state index in [0.717, 1.165) is 26.1 Å². The largest absolute Gasteiger partial charge is 0.396 e. The first-order chi connectivity index (χ1) is 6.29. The number of hydrogen-bond donors (Lipinski definition) is 1. The van der Waals surface area contributed by atoms with E-state index >= 15 is 0 Å². The van der Waals surface area contributed by atoms with Crippen LogP contribution in [0.4, 0.5) is 0 Å². The molecule has 0 radical (unpaired) electrons. The molecule has 2 saturated heterocycles. The van der Waals surface area contributed by atoms with E-state index in [1.165, 1.54) is 0 Å². The van der Waals surface area contributed by atoms with Crippen LogP contribution in [0.15, 0.2) is 0 Å². The van der Waals surface area contributed by atoms with Crippen LogP contribution in [-0.2, 0) is 9.47 Å². The topological polar surface area (TPSA) is 38.7 Å². The van der Waals surface area contributed by atoms with Gasteiger partial charge < -0.3 is 14.6 Å². The van der Waals surface area contributed by atoms with E-state index in [4.69, 9.17) is 9.47 Å². The maximum absolute atomic E-state index is 9.43. The van der Waals surface area contributed by atoms with Crippen LogP contribution in [0.25, 0.3) is 0 Å². The number of aliphatic hydroxyl groups is 1. The van der Waals surface area contributed by atoms with Gasteiger partial charge in [0.05, 0.1) is 38.4 Å². The molecule has 13 heavy (non-hydrogen) atoms. The molecule has 0 unspecified atom stereocenters. The molecule has 3 nitrogen and oxygen atoms in total. The molecule has 0 aromatic carbocycles. The summed E-state index contributed by atoms with van der Waals surface area (Å²) in [6.07, 6.45) is 2.31. The van der Waals surface area contributed by atoms with E-state index in [2.05, 4.69) is 6.92 Å². The summed E-state index contributed by atoms with van der Waals surface area (Å²) in [5.74, 6) is 0. The second-order valence-corrected chi connectivity index (χ2v) is 4.45. The van der Waals surface area contributed by atoms with Crippen molar-refractivity contribution in [1.29, 1.82) is 0 Å². The molecular formula is C10H18O3. The standard InChI is InChI=1S/C10H18O3/c1-2-3-9(5-12-6-9)10(4-11)7-13-8-10/h11H,2-8H2,1H3. The zero-order chi connectivity index (χ0) is 9.36. The van der Waals surface area contributed by atoms with Gasteiger partial charge in [0.2, 0.25) is 0 Å². The van der Waals surface area contributed by atoms with E-state index in [9.17, 15) is 5.11 Å². The SMILES string of the molecule is CCCC1(C2(CO)COC2)COC1. The second kappa shape index (κ2) is 3.23. The molecule has 0 aromatic rings. The first-order valence-corrected chi connectivity index (χ1v) is 5.05. The molecule has 0 bridgehead atoms. The van der Waals surface area contributed by atoms with E-state index in [1.54, 1.807) is 0 Å².